The van der Waals surface area contributed by atoms with Gasteiger partial charge in [0.05, 0.1) is 11.7 Å². The molecule has 0 heterocycles. The predicted octanol–water partition coefficient (Wildman–Crippen LogP) is 6.26. The fourth-order valence-electron chi connectivity index (χ4n) is 5.30. The standard InChI is InChI=1S/C26H40O2/c1-19(25(2,3)28)8-5-11-22-15-16-24-21(10-7-17-26(22,24)4)14-13-20-9-6-12-23(27)18-20/h5,8,13-15,19,23-24,27-28H,6-7,9-12,16-18H2,1-4H3/b8-5+,20-13+,21-14+/t19-,23-,24-,26+/m0/s1. The second kappa shape index (κ2) is 8.71. The summed E-state index contributed by atoms with van der Waals surface area (Å²) in [5.74, 6) is 0.805. The van der Waals surface area contributed by atoms with Crippen molar-refractivity contribution in [2.24, 2.45) is 17.3 Å². The van der Waals surface area contributed by atoms with Crippen LogP contribution in [0.3, 0.4) is 0 Å². The van der Waals surface area contributed by atoms with Crippen molar-refractivity contribution in [1.82, 2.24) is 0 Å². The van der Waals surface area contributed by atoms with Crippen LogP contribution in [0.5, 0.6) is 0 Å². The van der Waals surface area contributed by atoms with E-state index >= 15 is 0 Å². The largest absolute Gasteiger partial charge is 0.393 e. The fraction of sp³-hybridized carbons (Fsp3) is 0.692. The Morgan fingerprint density at radius 1 is 1.25 bits per heavy atom. The van der Waals surface area contributed by atoms with Crippen molar-refractivity contribution in [2.45, 2.75) is 97.2 Å². The number of hydrogen-bond acceptors (Lipinski definition) is 2. The molecule has 0 aliphatic heterocycles. The van der Waals surface area contributed by atoms with Gasteiger partial charge in [0.15, 0.2) is 0 Å². The highest BCUT2D eigenvalue weighted by Crippen LogP contribution is 2.55. The lowest BCUT2D eigenvalue weighted by molar-refractivity contribution is 0.0440. The molecule has 0 aromatic heterocycles. The lowest BCUT2D eigenvalue weighted by Crippen LogP contribution is -2.30. The molecule has 0 unspecified atom stereocenters. The molecule has 0 amide bonds. The number of hydrogen-bond donors (Lipinski definition) is 2. The van der Waals surface area contributed by atoms with Gasteiger partial charge in [-0.3, -0.25) is 0 Å². The zero-order valence-electron chi connectivity index (χ0n) is 18.4. The van der Waals surface area contributed by atoms with Gasteiger partial charge in [-0.2, -0.15) is 0 Å². The molecule has 2 fully saturated rings. The summed E-state index contributed by atoms with van der Waals surface area (Å²) in [6, 6.07) is 0. The van der Waals surface area contributed by atoms with E-state index in [1.807, 2.05) is 13.8 Å². The first kappa shape index (κ1) is 21.6. The second-order valence-corrected chi connectivity index (χ2v) is 10.2. The summed E-state index contributed by atoms with van der Waals surface area (Å²) in [7, 11) is 0. The van der Waals surface area contributed by atoms with Crippen LogP contribution in [-0.2, 0) is 0 Å². The van der Waals surface area contributed by atoms with E-state index in [1.165, 1.54) is 31.3 Å². The molecular weight excluding hydrogens is 344 g/mol. The highest BCUT2D eigenvalue weighted by molar-refractivity contribution is 5.34. The van der Waals surface area contributed by atoms with Gasteiger partial charge in [0.25, 0.3) is 0 Å². The molecule has 2 nitrogen and oxygen atoms in total. The topological polar surface area (TPSA) is 40.5 Å². The quantitative estimate of drug-likeness (QED) is 0.549. The van der Waals surface area contributed by atoms with Crippen LogP contribution in [0.2, 0.25) is 0 Å². The van der Waals surface area contributed by atoms with E-state index in [9.17, 15) is 10.2 Å². The SMILES string of the molecule is C[C@@H](/C=C/CC1=CC[C@H]2/C(=C/C=C3\CCC[C@H](O)C3)CCC[C@]12C)C(C)(C)O. The first-order valence-electron chi connectivity index (χ1n) is 11.4. The lowest BCUT2D eigenvalue weighted by atomic mass is 9.63. The predicted molar refractivity (Wildman–Crippen MR) is 118 cm³/mol. The van der Waals surface area contributed by atoms with Gasteiger partial charge >= 0.3 is 0 Å². The van der Waals surface area contributed by atoms with E-state index in [2.05, 4.69) is 44.2 Å². The van der Waals surface area contributed by atoms with Crippen LogP contribution in [0.15, 0.2) is 47.1 Å². The van der Waals surface area contributed by atoms with Crippen LogP contribution >= 0.6 is 0 Å². The Kier molecular flexibility index (Phi) is 6.72. The average molecular weight is 385 g/mol. The molecule has 0 saturated heterocycles. The number of allylic oxidation sites excluding steroid dienone is 6. The van der Waals surface area contributed by atoms with Crippen LogP contribution in [0.1, 0.15) is 85.5 Å². The summed E-state index contributed by atoms with van der Waals surface area (Å²) in [6.45, 7) is 8.31. The third-order valence-electron chi connectivity index (χ3n) is 7.65. The maximum Gasteiger partial charge on any atom is 0.0651 e. The minimum absolute atomic E-state index is 0.132. The molecule has 28 heavy (non-hydrogen) atoms. The van der Waals surface area contributed by atoms with Gasteiger partial charge in [0.2, 0.25) is 0 Å². The van der Waals surface area contributed by atoms with Crippen molar-refractivity contribution >= 4 is 0 Å². The number of aliphatic hydroxyl groups excluding tert-OH is 1. The Bertz CT molecular complexity index is 673. The summed E-state index contributed by atoms with van der Waals surface area (Å²) in [6.07, 6.45) is 21.6. The molecule has 4 atom stereocenters. The average Bonchev–Trinajstić information content (AvgIpc) is 2.96. The van der Waals surface area contributed by atoms with Gasteiger partial charge in [-0.1, -0.05) is 60.9 Å². The third kappa shape index (κ3) is 4.89. The van der Waals surface area contributed by atoms with Crippen molar-refractivity contribution < 1.29 is 10.2 Å². The van der Waals surface area contributed by atoms with E-state index in [4.69, 9.17) is 0 Å². The Morgan fingerprint density at radius 2 is 2.04 bits per heavy atom. The fourth-order valence-corrected chi connectivity index (χ4v) is 5.30. The van der Waals surface area contributed by atoms with Crippen molar-refractivity contribution in [3.05, 3.63) is 47.1 Å². The van der Waals surface area contributed by atoms with Crippen LogP contribution < -0.4 is 0 Å². The van der Waals surface area contributed by atoms with Gasteiger partial charge in [-0.05, 0) is 83.0 Å². The van der Waals surface area contributed by atoms with E-state index in [-0.39, 0.29) is 17.4 Å². The van der Waals surface area contributed by atoms with Crippen LogP contribution in [0.4, 0.5) is 0 Å². The van der Waals surface area contributed by atoms with E-state index in [0.717, 1.165) is 32.1 Å². The minimum atomic E-state index is -0.659. The summed E-state index contributed by atoms with van der Waals surface area (Å²) >= 11 is 0. The van der Waals surface area contributed by atoms with E-state index in [0.29, 0.717) is 5.92 Å². The molecule has 156 valence electrons. The molecule has 0 aromatic rings. The van der Waals surface area contributed by atoms with Gasteiger partial charge in [-0.25, -0.2) is 0 Å². The zero-order valence-corrected chi connectivity index (χ0v) is 18.4. The van der Waals surface area contributed by atoms with Crippen LogP contribution in [0.25, 0.3) is 0 Å². The second-order valence-electron chi connectivity index (χ2n) is 10.2. The Morgan fingerprint density at radius 3 is 2.75 bits per heavy atom. The number of rotatable bonds is 5. The molecule has 3 rings (SSSR count). The molecular formula is C26H40O2. The first-order chi connectivity index (χ1) is 13.2. The van der Waals surface area contributed by atoms with Crippen molar-refractivity contribution in [1.29, 1.82) is 0 Å². The van der Waals surface area contributed by atoms with Crippen molar-refractivity contribution in [3.63, 3.8) is 0 Å². The molecule has 0 aromatic carbocycles. The normalized spacial score (nSPS) is 35.4. The van der Waals surface area contributed by atoms with Gasteiger partial charge in [0.1, 0.15) is 0 Å². The molecule has 2 heteroatoms. The molecule has 2 saturated carbocycles. The summed E-state index contributed by atoms with van der Waals surface area (Å²) in [5, 5.41) is 20.1. The highest BCUT2D eigenvalue weighted by Gasteiger charge is 2.44. The minimum Gasteiger partial charge on any atom is -0.393 e. The molecule has 3 aliphatic carbocycles. The van der Waals surface area contributed by atoms with Crippen molar-refractivity contribution in [2.75, 3.05) is 0 Å². The Balaban J connectivity index is 1.67. The van der Waals surface area contributed by atoms with E-state index in [1.54, 1.807) is 11.1 Å². The monoisotopic (exact) mass is 384 g/mol. The number of fused-ring (bicyclic) bond motifs is 1. The maximum atomic E-state index is 10.1. The van der Waals surface area contributed by atoms with Gasteiger partial charge < -0.3 is 10.2 Å². The summed E-state index contributed by atoms with van der Waals surface area (Å²) in [5.41, 5.74) is 4.25. The smallest absolute Gasteiger partial charge is 0.0651 e. The molecule has 0 bridgehead atoms. The van der Waals surface area contributed by atoms with Crippen LogP contribution in [0, 0.1) is 17.3 Å². The first-order valence-corrected chi connectivity index (χ1v) is 11.4. The molecule has 0 spiro atoms. The summed E-state index contributed by atoms with van der Waals surface area (Å²) < 4.78 is 0. The Labute approximate surface area is 172 Å². The van der Waals surface area contributed by atoms with Gasteiger partial charge in [-0.15, -0.1) is 0 Å². The Hall–Kier alpha value is -1.12. The van der Waals surface area contributed by atoms with E-state index < -0.39 is 5.60 Å². The highest BCUT2D eigenvalue weighted by atomic mass is 16.3. The summed E-state index contributed by atoms with van der Waals surface area (Å²) in [4.78, 5) is 0. The molecule has 3 aliphatic rings. The van der Waals surface area contributed by atoms with Gasteiger partial charge in [0, 0.05) is 5.92 Å². The third-order valence-corrected chi connectivity index (χ3v) is 7.65. The maximum absolute atomic E-state index is 10.1. The van der Waals surface area contributed by atoms with Crippen LogP contribution in [-0.4, -0.2) is 21.9 Å². The number of aliphatic hydroxyl groups is 2. The zero-order chi connectivity index (χ0) is 20.4. The molecule has 0 radical (unpaired) electrons. The lowest BCUT2D eigenvalue weighted by Gasteiger charge is -2.41. The van der Waals surface area contributed by atoms with Crippen molar-refractivity contribution in [3.8, 4) is 0 Å². The molecule has 2 N–H and O–H groups in total.